The topological polar surface area (TPSA) is 29.1 Å². The van der Waals surface area contributed by atoms with Gasteiger partial charge in [0, 0.05) is 16.8 Å². The number of fused-ring (bicyclic) bond motifs is 1. The number of aryl methyl sites for hydroxylation is 1. The first kappa shape index (κ1) is 14.3. The Bertz CT molecular complexity index is 633. The fourth-order valence-corrected chi connectivity index (χ4v) is 3.87. The lowest BCUT2D eigenvalue weighted by Crippen LogP contribution is -2.23. The number of halogens is 1. The number of carbonyl (C=O) groups is 1. The molecule has 0 unspecified atom stereocenters. The van der Waals surface area contributed by atoms with E-state index >= 15 is 0 Å². The van der Waals surface area contributed by atoms with Gasteiger partial charge in [-0.05, 0) is 48.9 Å². The van der Waals surface area contributed by atoms with Gasteiger partial charge in [-0.25, -0.2) is 4.39 Å². The second-order valence-electron chi connectivity index (χ2n) is 5.42. The van der Waals surface area contributed by atoms with Gasteiger partial charge in [-0.3, -0.25) is 4.79 Å². The second kappa shape index (κ2) is 6.39. The van der Waals surface area contributed by atoms with Crippen LogP contribution in [-0.4, -0.2) is 5.91 Å². The van der Waals surface area contributed by atoms with Gasteiger partial charge in [0.05, 0.1) is 5.56 Å². The zero-order valence-corrected chi connectivity index (χ0v) is 12.6. The monoisotopic (exact) mass is 303 g/mol. The van der Waals surface area contributed by atoms with E-state index in [2.05, 4.69) is 5.32 Å². The van der Waals surface area contributed by atoms with Crippen molar-refractivity contribution in [3.8, 4) is 0 Å². The van der Waals surface area contributed by atoms with E-state index in [1.807, 2.05) is 5.38 Å². The predicted molar refractivity (Wildman–Crippen MR) is 83.1 cm³/mol. The second-order valence-corrected chi connectivity index (χ2v) is 6.39. The summed E-state index contributed by atoms with van der Waals surface area (Å²) in [5, 5.41) is 4.92. The lowest BCUT2D eigenvalue weighted by Gasteiger charge is -2.07. The summed E-state index contributed by atoms with van der Waals surface area (Å²) < 4.78 is 12.8. The Labute approximate surface area is 128 Å². The lowest BCUT2D eigenvalue weighted by atomic mass is 10.1. The third-order valence-corrected chi connectivity index (χ3v) is 5.01. The lowest BCUT2D eigenvalue weighted by molar-refractivity contribution is 0.0950. The molecule has 1 N–H and O–H groups in total. The van der Waals surface area contributed by atoms with Gasteiger partial charge in [0.25, 0.3) is 5.91 Å². The van der Waals surface area contributed by atoms with Gasteiger partial charge < -0.3 is 5.32 Å². The Hall–Kier alpha value is -1.68. The van der Waals surface area contributed by atoms with E-state index in [0.29, 0.717) is 6.54 Å². The maximum atomic E-state index is 12.8. The molecule has 1 heterocycles. The van der Waals surface area contributed by atoms with Gasteiger partial charge in [0.2, 0.25) is 0 Å². The number of thiophene rings is 1. The van der Waals surface area contributed by atoms with Crippen LogP contribution in [0.3, 0.4) is 0 Å². The third kappa shape index (κ3) is 3.32. The van der Waals surface area contributed by atoms with Gasteiger partial charge in [0.15, 0.2) is 0 Å². The highest BCUT2D eigenvalue weighted by Gasteiger charge is 2.18. The number of hydrogen-bond donors (Lipinski definition) is 1. The molecule has 1 amide bonds. The highest BCUT2D eigenvalue weighted by Crippen LogP contribution is 2.29. The first-order valence-electron chi connectivity index (χ1n) is 7.36. The molecule has 0 radical (unpaired) electrons. The van der Waals surface area contributed by atoms with Crippen molar-refractivity contribution < 1.29 is 9.18 Å². The zero-order valence-electron chi connectivity index (χ0n) is 11.8. The van der Waals surface area contributed by atoms with Crippen molar-refractivity contribution in [2.75, 3.05) is 0 Å². The van der Waals surface area contributed by atoms with Crippen molar-refractivity contribution in [3.05, 3.63) is 57.0 Å². The average Bonchev–Trinajstić information content (AvgIpc) is 2.75. The number of benzene rings is 1. The van der Waals surface area contributed by atoms with Gasteiger partial charge in [0.1, 0.15) is 5.82 Å². The van der Waals surface area contributed by atoms with Crippen LogP contribution in [-0.2, 0) is 19.4 Å². The Morgan fingerprint density at radius 2 is 1.90 bits per heavy atom. The Morgan fingerprint density at radius 3 is 2.71 bits per heavy atom. The molecular formula is C17H18FNOS. The Kier molecular flexibility index (Phi) is 4.34. The molecule has 0 atom stereocenters. The summed E-state index contributed by atoms with van der Waals surface area (Å²) in [6.45, 7) is 0.434. The molecule has 2 nitrogen and oxygen atoms in total. The van der Waals surface area contributed by atoms with Gasteiger partial charge in [-0.15, -0.1) is 11.3 Å². The molecule has 0 saturated carbocycles. The molecule has 0 saturated heterocycles. The molecule has 3 rings (SSSR count). The molecule has 0 aliphatic heterocycles. The maximum absolute atomic E-state index is 12.8. The zero-order chi connectivity index (χ0) is 14.7. The SMILES string of the molecule is O=C(NCc1ccc(F)cc1)c1csc2c1CCCCC2. The number of rotatable bonds is 3. The molecular weight excluding hydrogens is 285 g/mol. The summed E-state index contributed by atoms with van der Waals surface area (Å²) in [5.74, 6) is -0.271. The van der Waals surface area contributed by atoms with E-state index in [1.54, 1.807) is 23.5 Å². The molecule has 0 bridgehead atoms. The van der Waals surface area contributed by atoms with E-state index in [9.17, 15) is 9.18 Å². The molecule has 1 aliphatic rings. The van der Waals surface area contributed by atoms with E-state index in [4.69, 9.17) is 0 Å². The van der Waals surface area contributed by atoms with Crippen LogP contribution in [0.15, 0.2) is 29.6 Å². The van der Waals surface area contributed by atoms with Gasteiger partial charge in [-0.1, -0.05) is 18.6 Å². The van der Waals surface area contributed by atoms with Crippen LogP contribution >= 0.6 is 11.3 Å². The Balaban J connectivity index is 1.68. The van der Waals surface area contributed by atoms with Crippen molar-refractivity contribution in [1.29, 1.82) is 0 Å². The van der Waals surface area contributed by atoms with E-state index in [1.165, 1.54) is 41.8 Å². The van der Waals surface area contributed by atoms with E-state index in [0.717, 1.165) is 24.0 Å². The van der Waals surface area contributed by atoms with Crippen LogP contribution in [0.2, 0.25) is 0 Å². The van der Waals surface area contributed by atoms with E-state index in [-0.39, 0.29) is 11.7 Å². The summed E-state index contributed by atoms with van der Waals surface area (Å²) >= 11 is 1.71. The molecule has 110 valence electrons. The molecule has 1 aromatic heterocycles. The number of hydrogen-bond acceptors (Lipinski definition) is 2. The number of nitrogens with one attached hydrogen (secondary N) is 1. The van der Waals surface area contributed by atoms with Crippen LogP contribution in [0, 0.1) is 5.82 Å². The third-order valence-electron chi connectivity index (χ3n) is 3.92. The number of amides is 1. The quantitative estimate of drug-likeness (QED) is 0.850. The summed E-state index contributed by atoms with van der Waals surface area (Å²) in [6.07, 6.45) is 5.76. The molecule has 1 aliphatic carbocycles. The maximum Gasteiger partial charge on any atom is 0.252 e. The molecule has 2 aromatic rings. The summed E-state index contributed by atoms with van der Waals surface area (Å²) in [7, 11) is 0. The molecule has 0 fully saturated rings. The minimum atomic E-state index is -0.256. The van der Waals surface area contributed by atoms with Crippen molar-refractivity contribution in [2.45, 2.75) is 38.6 Å². The van der Waals surface area contributed by atoms with E-state index < -0.39 is 0 Å². The van der Waals surface area contributed by atoms with Crippen molar-refractivity contribution >= 4 is 17.2 Å². The van der Waals surface area contributed by atoms with Crippen LogP contribution in [0.25, 0.3) is 0 Å². The van der Waals surface area contributed by atoms with Crippen LogP contribution in [0.5, 0.6) is 0 Å². The van der Waals surface area contributed by atoms with Gasteiger partial charge >= 0.3 is 0 Å². The predicted octanol–water partition coefficient (Wildman–Crippen LogP) is 4.09. The largest absolute Gasteiger partial charge is 0.348 e. The summed E-state index contributed by atoms with van der Waals surface area (Å²) in [6, 6.07) is 6.23. The minimum absolute atomic E-state index is 0.0151. The van der Waals surface area contributed by atoms with Crippen LogP contribution in [0.1, 0.15) is 45.6 Å². The molecule has 4 heteroatoms. The molecule has 1 aromatic carbocycles. The molecule has 21 heavy (non-hydrogen) atoms. The van der Waals surface area contributed by atoms with Gasteiger partial charge in [-0.2, -0.15) is 0 Å². The first-order chi connectivity index (χ1) is 10.2. The molecule has 0 spiro atoms. The number of carbonyl (C=O) groups excluding carboxylic acids is 1. The normalized spacial score (nSPS) is 14.3. The summed E-state index contributed by atoms with van der Waals surface area (Å²) in [5.41, 5.74) is 2.99. The van der Waals surface area contributed by atoms with Crippen molar-refractivity contribution in [3.63, 3.8) is 0 Å². The first-order valence-corrected chi connectivity index (χ1v) is 8.24. The van der Waals surface area contributed by atoms with Crippen molar-refractivity contribution in [2.24, 2.45) is 0 Å². The average molecular weight is 303 g/mol. The standard InChI is InChI=1S/C17H18FNOS/c18-13-8-6-12(7-9-13)10-19-17(20)15-11-21-16-5-3-1-2-4-14(15)16/h6-9,11H,1-5,10H2,(H,19,20). The Morgan fingerprint density at radius 1 is 1.14 bits per heavy atom. The van der Waals surface area contributed by atoms with Crippen LogP contribution in [0.4, 0.5) is 4.39 Å². The van der Waals surface area contributed by atoms with Crippen LogP contribution < -0.4 is 5.32 Å². The van der Waals surface area contributed by atoms with Crippen molar-refractivity contribution in [1.82, 2.24) is 5.32 Å². The highest BCUT2D eigenvalue weighted by atomic mass is 32.1. The summed E-state index contributed by atoms with van der Waals surface area (Å²) in [4.78, 5) is 13.7. The fraction of sp³-hybridized carbons (Fsp3) is 0.353. The highest BCUT2D eigenvalue weighted by molar-refractivity contribution is 7.10. The fourth-order valence-electron chi connectivity index (χ4n) is 2.74. The minimum Gasteiger partial charge on any atom is -0.348 e. The smallest absolute Gasteiger partial charge is 0.252 e.